The van der Waals surface area contributed by atoms with Gasteiger partial charge >= 0.3 is 12.6 Å². The Balaban J connectivity index is 2.59. The maximum Gasteiger partial charge on any atom is 0.387 e. The number of nitrogens with zero attached hydrogens (tertiary/aromatic N) is 3. The van der Waals surface area contributed by atoms with Crippen LogP contribution in [0.3, 0.4) is 0 Å². The minimum Gasteiger partial charge on any atom is -0.461 e. The Kier molecular flexibility index (Phi) is 7.44. The fraction of sp³-hybridized carbons (Fsp3) is 0.550. The number of halogens is 4. The lowest BCUT2D eigenvalue weighted by Crippen LogP contribution is -2.25. The van der Waals surface area contributed by atoms with Crippen LogP contribution >= 0.6 is 0 Å². The zero-order chi connectivity index (χ0) is 22.6. The molecule has 2 aromatic rings. The van der Waals surface area contributed by atoms with Crippen molar-refractivity contribution in [2.24, 2.45) is 5.41 Å². The molecule has 0 aliphatic rings. The summed E-state index contributed by atoms with van der Waals surface area (Å²) in [4.78, 5) is 16.4. The number of rotatable bonds is 9. The van der Waals surface area contributed by atoms with Gasteiger partial charge in [0.2, 0.25) is 6.43 Å². The van der Waals surface area contributed by atoms with Crippen LogP contribution < -0.4 is 4.74 Å². The summed E-state index contributed by atoms with van der Waals surface area (Å²) >= 11 is 0. The summed E-state index contributed by atoms with van der Waals surface area (Å²) in [6.07, 6.45) is -1.47. The zero-order valence-corrected chi connectivity index (χ0v) is 17.5. The van der Waals surface area contributed by atoms with Gasteiger partial charge in [0.1, 0.15) is 5.75 Å². The smallest absolute Gasteiger partial charge is 0.387 e. The van der Waals surface area contributed by atoms with E-state index >= 15 is 0 Å². The van der Waals surface area contributed by atoms with Crippen molar-refractivity contribution in [1.29, 1.82) is 0 Å². The number of aromatic nitrogens is 3. The molecule has 0 aromatic carbocycles. The van der Waals surface area contributed by atoms with Gasteiger partial charge in [0.05, 0.1) is 17.9 Å². The summed E-state index contributed by atoms with van der Waals surface area (Å²) in [5, 5.41) is 4.22. The number of hydrogen-bond donors (Lipinski definition) is 0. The number of carbonyl (C=O) groups is 1. The highest BCUT2D eigenvalue weighted by Gasteiger charge is 2.31. The Bertz CT molecular complexity index is 898. The zero-order valence-electron chi connectivity index (χ0n) is 17.5. The van der Waals surface area contributed by atoms with Gasteiger partial charge < -0.3 is 9.47 Å². The fourth-order valence-electron chi connectivity index (χ4n) is 3.00. The summed E-state index contributed by atoms with van der Waals surface area (Å²) < 4.78 is 63.7. The normalized spacial score (nSPS) is 12.0. The van der Waals surface area contributed by atoms with Crippen molar-refractivity contribution in [3.8, 4) is 17.0 Å². The van der Waals surface area contributed by atoms with Crippen LogP contribution in [0.2, 0.25) is 0 Å². The van der Waals surface area contributed by atoms with Crippen molar-refractivity contribution in [3.05, 3.63) is 29.2 Å². The maximum atomic E-state index is 13.2. The predicted molar refractivity (Wildman–Crippen MR) is 102 cm³/mol. The van der Waals surface area contributed by atoms with Crippen LogP contribution in [0.5, 0.6) is 5.75 Å². The molecule has 0 saturated heterocycles. The molecule has 30 heavy (non-hydrogen) atoms. The monoisotopic (exact) mass is 431 g/mol. The van der Waals surface area contributed by atoms with Crippen LogP contribution in [0, 0.1) is 12.3 Å². The summed E-state index contributed by atoms with van der Waals surface area (Å²) in [7, 11) is 0. The molecule has 2 heterocycles. The van der Waals surface area contributed by atoms with E-state index in [1.54, 1.807) is 20.8 Å². The van der Waals surface area contributed by atoms with Gasteiger partial charge in [0.15, 0.2) is 5.69 Å². The number of ether oxygens (including phenoxy) is 2. The Morgan fingerprint density at radius 1 is 1.23 bits per heavy atom. The summed E-state index contributed by atoms with van der Waals surface area (Å²) in [6.45, 7) is 5.12. The van der Waals surface area contributed by atoms with Crippen LogP contribution in [0.1, 0.15) is 49.4 Å². The summed E-state index contributed by atoms with van der Waals surface area (Å²) in [5.74, 6) is -0.865. The summed E-state index contributed by atoms with van der Waals surface area (Å²) in [6, 6.07) is 1.22. The molecule has 0 aliphatic carbocycles. The Labute approximate surface area is 172 Å². The molecule has 166 valence electrons. The van der Waals surface area contributed by atoms with Gasteiger partial charge in [-0.1, -0.05) is 13.8 Å². The van der Waals surface area contributed by atoms with Gasteiger partial charge in [-0.3, -0.25) is 9.67 Å². The second kappa shape index (κ2) is 9.44. The largest absolute Gasteiger partial charge is 0.461 e. The fourth-order valence-corrected chi connectivity index (χ4v) is 3.00. The first-order valence-electron chi connectivity index (χ1n) is 9.48. The van der Waals surface area contributed by atoms with Crippen LogP contribution in [-0.4, -0.2) is 40.4 Å². The molecule has 0 N–H and O–H groups in total. The average Bonchev–Trinajstić information content (AvgIpc) is 2.98. The van der Waals surface area contributed by atoms with E-state index in [1.165, 1.54) is 30.8 Å². The van der Waals surface area contributed by atoms with Gasteiger partial charge in [-0.05, 0) is 20.8 Å². The Morgan fingerprint density at radius 3 is 2.43 bits per heavy atom. The molecule has 0 saturated carbocycles. The van der Waals surface area contributed by atoms with Gasteiger partial charge in [0, 0.05) is 41.9 Å². The van der Waals surface area contributed by atoms with Gasteiger partial charge in [-0.25, -0.2) is 13.6 Å². The molecule has 0 aliphatic heterocycles. The first-order chi connectivity index (χ1) is 14.0. The van der Waals surface area contributed by atoms with E-state index in [0.717, 1.165) is 0 Å². The lowest BCUT2D eigenvalue weighted by Gasteiger charge is -2.23. The molecule has 0 amide bonds. The van der Waals surface area contributed by atoms with Crippen LogP contribution in [0.15, 0.2) is 12.3 Å². The molecule has 0 unspecified atom stereocenters. The van der Waals surface area contributed by atoms with E-state index in [0.29, 0.717) is 17.8 Å². The molecule has 0 fully saturated rings. The molecule has 2 rings (SSSR count). The minimum atomic E-state index is -3.13. The standard InChI is InChI=1S/C20H25F4N3O3/c1-6-27-16(11(3)15(26-27)17(28)29-7-2)13-10-25-12(8-14(13)30-19(23)24)9-20(4,5)18(21)22/h8,10,18-19H,6-7,9H2,1-5H3. The minimum absolute atomic E-state index is 0.0552. The van der Waals surface area contributed by atoms with Gasteiger partial charge in [0.25, 0.3) is 0 Å². The van der Waals surface area contributed by atoms with Crippen molar-refractivity contribution >= 4 is 5.97 Å². The maximum absolute atomic E-state index is 13.2. The van der Waals surface area contributed by atoms with Crippen molar-refractivity contribution in [3.63, 3.8) is 0 Å². The van der Waals surface area contributed by atoms with E-state index in [1.807, 2.05) is 0 Å². The number of pyridine rings is 1. The highest BCUT2D eigenvalue weighted by atomic mass is 19.3. The number of alkyl halides is 4. The first kappa shape index (κ1) is 23.6. The van der Waals surface area contributed by atoms with E-state index in [4.69, 9.17) is 4.74 Å². The molecular formula is C20H25F4N3O3. The molecule has 0 spiro atoms. The topological polar surface area (TPSA) is 66.2 Å². The van der Waals surface area contributed by atoms with E-state index in [2.05, 4.69) is 14.8 Å². The molecule has 0 atom stereocenters. The lowest BCUT2D eigenvalue weighted by atomic mass is 9.88. The highest BCUT2D eigenvalue weighted by molar-refractivity contribution is 5.91. The van der Waals surface area contributed by atoms with Gasteiger partial charge in [-0.15, -0.1) is 0 Å². The van der Waals surface area contributed by atoms with Crippen molar-refractivity contribution in [1.82, 2.24) is 14.8 Å². The van der Waals surface area contributed by atoms with E-state index < -0.39 is 24.4 Å². The van der Waals surface area contributed by atoms with E-state index in [9.17, 15) is 22.4 Å². The second-order valence-electron chi connectivity index (χ2n) is 7.37. The average molecular weight is 431 g/mol. The van der Waals surface area contributed by atoms with Crippen molar-refractivity contribution in [2.75, 3.05) is 6.61 Å². The molecular weight excluding hydrogens is 406 g/mol. The third kappa shape index (κ3) is 5.09. The summed E-state index contributed by atoms with van der Waals surface area (Å²) in [5.41, 5.74) is -0.198. The third-order valence-corrected chi connectivity index (χ3v) is 4.58. The molecule has 0 radical (unpaired) electrons. The number of esters is 1. The Hall–Kier alpha value is -2.65. The number of aryl methyl sites for hydroxylation is 1. The number of hydrogen-bond acceptors (Lipinski definition) is 5. The third-order valence-electron chi connectivity index (χ3n) is 4.58. The molecule has 2 aromatic heterocycles. The number of carbonyl (C=O) groups excluding carboxylic acids is 1. The van der Waals surface area contributed by atoms with Gasteiger partial charge in [-0.2, -0.15) is 13.9 Å². The first-order valence-corrected chi connectivity index (χ1v) is 9.48. The highest BCUT2D eigenvalue weighted by Crippen LogP contribution is 2.36. The van der Waals surface area contributed by atoms with Crippen molar-refractivity contribution in [2.45, 2.75) is 60.6 Å². The van der Waals surface area contributed by atoms with Crippen LogP contribution in [0.4, 0.5) is 17.6 Å². The van der Waals surface area contributed by atoms with Crippen molar-refractivity contribution < 1.29 is 31.8 Å². The Morgan fingerprint density at radius 2 is 1.90 bits per heavy atom. The van der Waals surface area contributed by atoms with E-state index in [-0.39, 0.29) is 35.7 Å². The quantitative estimate of drug-likeness (QED) is 0.418. The SMILES string of the molecule is CCOC(=O)c1nn(CC)c(-c2cnc(CC(C)(C)C(F)F)cc2OC(F)F)c1C. The molecule has 0 bridgehead atoms. The molecule has 6 nitrogen and oxygen atoms in total. The lowest BCUT2D eigenvalue weighted by molar-refractivity contribution is -0.0496. The second-order valence-corrected chi connectivity index (χ2v) is 7.37. The van der Waals surface area contributed by atoms with Crippen LogP contribution in [-0.2, 0) is 17.7 Å². The molecule has 10 heteroatoms. The predicted octanol–water partition coefficient (Wildman–Crippen LogP) is 4.89. The van der Waals surface area contributed by atoms with Crippen LogP contribution in [0.25, 0.3) is 11.3 Å².